The Hall–Kier alpha value is -2.86. The van der Waals surface area contributed by atoms with Gasteiger partial charge >= 0.3 is 12.1 Å². The lowest BCUT2D eigenvalue weighted by Gasteiger charge is -2.10. The molecule has 0 aliphatic carbocycles. The van der Waals surface area contributed by atoms with Gasteiger partial charge in [0.15, 0.2) is 0 Å². The first-order valence-electron chi connectivity index (χ1n) is 9.37. The summed E-state index contributed by atoms with van der Waals surface area (Å²) >= 11 is 0.798. The van der Waals surface area contributed by atoms with Gasteiger partial charge in [-0.15, -0.1) is 11.3 Å². The van der Waals surface area contributed by atoms with Crippen molar-refractivity contribution in [3.63, 3.8) is 0 Å². The number of hydrogen-bond acceptors (Lipinski definition) is 6. The van der Waals surface area contributed by atoms with Crippen LogP contribution < -0.4 is 4.74 Å². The minimum Gasteiger partial charge on any atom is -0.494 e. The average Bonchev–Trinajstić information content (AvgIpc) is 3.33. The molecule has 1 aromatic carbocycles. The van der Waals surface area contributed by atoms with Crippen molar-refractivity contribution >= 4 is 27.1 Å². The summed E-state index contributed by atoms with van der Waals surface area (Å²) in [5, 5.41) is 12.8. The minimum absolute atomic E-state index is 0.0106. The molecule has 0 radical (unpaired) electrons. The quantitative estimate of drug-likeness (QED) is 0.504. The maximum Gasteiger partial charge on any atom is 0.433 e. The highest BCUT2D eigenvalue weighted by Gasteiger charge is 2.35. The van der Waals surface area contributed by atoms with E-state index in [4.69, 9.17) is 9.84 Å². The monoisotopic (exact) mass is 488 g/mol. The van der Waals surface area contributed by atoms with E-state index in [1.807, 2.05) is 0 Å². The molecule has 1 N–H and O–H groups in total. The number of alkyl halides is 3. The number of sulfone groups is 1. The zero-order chi connectivity index (χ0) is 23.7. The summed E-state index contributed by atoms with van der Waals surface area (Å²) in [6.45, 7) is 2.01. The number of thiophene rings is 1. The number of aryl methyl sites for hydroxylation is 2. The zero-order valence-corrected chi connectivity index (χ0v) is 18.6. The Morgan fingerprint density at radius 3 is 2.53 bits per heavy atom. The molecular weight excluding hydrogens is 469 g/mol. The zero-order valence-electron chi connectivity index (χ0n) is 17.0. The molecule has 0 aliphatic rings. The SMILES string of the molecule is CCOc1cc(CCC(=O)O)cc(S(=O)(=O)c2ccc(-c3cc(C(F)(F)F)n(C)n3)s2)c1. The van der Waals surface area contributed by atoms with Gasteiger partial charge in [0.2, 0.25) is 9.84 Å². The van der Waals surface area contributed by atoms with E-state index in [0.717, 1.165) is 24.5 Å². The van der Waals surface area contributed by atoms with E-state index in [9.17, 15) is 26.4 Å². The van der Waals surface area contributed by atoms with Crippen LogP contribution >= 0.6 is 11.3 Å². The molecular formula is C20H19F3N2O5S2. The average molecular weight is 489 g/mol. The molecule has 2 aromatic heterocycles. The number of halogens is 3. The molecule has 7 nitrogen and oxygen atoms in total. The topological polar surface area (TPSA) is 98.5 Å². The van der Waals surface area contributed by atoms with Crippen molar-refractivity contribution in [3.05, 3.63) is 47.7 Å². The van der Waals surface area contributed by atoms with Crippen LogP contribution in [0.2, 0.25) is 0 Å². The van der Waals surface area contributed by atoms with Crippen molar-refractivity contribution in [3.8, 4) is 16.3 Å². The molecule has 0 saturated heterocycles. The fraction of sp³-hybridized carbons (Fsp3) is 0.300. The van der Waals surface area contributed by atoms with Crippen molar-refractivity contribution in [2.24, 2.45) is 7.05 Å². The highest BCUT2D eigenvalue weighted by molar-refractivity contribution is 7.93. The van der Waals surface area contributed by atoms with E-state index in [1.54, 1.807) is 13.0 Å². The van der Waals surface area contributed by atoms with Crippen LogP contribution in [0.3, 0.4) is 0 Å². The third-order valence-electron chi connectivity index (χ3n) is 4.46. The number of aromatic nitrogens is 2. The summed E-state index contributed by atoms with van der Waals surface area (Å²) in [4.78, 5) is 11.1. The molecule has 32 heavy (non-hydrogen) atoms. The molecule has 0 fully saturated rings. The molecule has 0 atom stereocenters. The highest BCUT2D eigenvalue weighted by Crippen LogP contribution is 2.37. The van der Waals surface area contributed by atoms with Crippen molar-refractivity contribution in [1.29, 1.82) is 0 Å². The summed E-state index contributed by atoms with van der Waals surface area (Å²) in [6, 6.07) is 7.87. The Balaban J connectivity index is 1.99. The Morgan fingerprint density at radius 1 is 1.22 bits per heavy atom. The highest BCUT2D eigenvalue weighted by atomic mass is 32.2. The first-order chi connectivity index (χ1) is 14.9. The molecule has 172 valence electrons. The van der Waals surface area contributed by atoms with Crippen LogP contribution in [0.4, 0.5) is 13.2 Å². The van der Waals surface area contributed by atoms with Gasteiger partial charge in [0.25, 0.3) is 0 Å². The molecule has 2 heterocycles. The number of ether oxygens (including phenoxy) is 1. The Kier molecular flexibility index (Phi) is 6.65. The van der Waals surface area contributed by atoms with Gasteiger partial charge in [-0.1, -0.05) is 0 Å². The van der Waals surface area contributed by atoms with Crippen LogP contribution in [0.25, 0.3) is 10.6 Å². The fourth-order valence-electron chi connectivity index (χ4n) is 3.00. The fourth-order valence-corrected chi connectivity index (χ4v) is 5.75. The van der Waals surface area contributed by atoms with E-state index >= 15 is 0 Å². The molecule has 0 aliphatic heterocycles. The van der Waals surface area contributed by atoms with Gasteiger partial charge in [-0.05, 0) is 55.3 Å². The predicted octanol–water partition coefficient (Wildman–Crippen LogP) is 4.42. The maximum absolute atomic E-state index is 13.2. The van der Waals surface area contributed by atoms with E-state index in [2.05, 4.69) is 5.10 Å². The van der Waals surface area contributed by atoms with Gasteiger partial charge in [-0.25, -0.2) is 8.42 Å². The molecule has 0 amide bonds. The van der Waals surface area contributed by atoms with Crippen molar-refractivity contribution < 1.29 is 36.2 Å². The van der Waals surface area contributed by atoms with E-state index in [0.29, 0.717) is 10.2 Å². The number of aliphatic carboxylic acids is 1. The summed E-state index contributed by atoms with van der Waals surface area (Å²) in [7, 11) is -2.86. The number of benzene rings is 1. The normalized spacial score (nSPS) is 12.2. The predicted molar refractivity (Wildman–Crippen MR) is 111 cm³/mol. The van der Waals surface area contributed by atoms with Gasteiger partial charge in [0, 0.05) is 13.5 Å². The molecule has 0 saturated carbocycles. The molecule has 0 unspecified atom stereocenters. The minimum atomic E-state index is -4.59. The lowest BCUT2D eigenvalue weighted by atomic mass is 10.1. The Bertz CT molecular complexity index is 1250. The van der Waals surface area contributed by atoms with Crippen molar-refractivity contribution in [1.82, 2.24) is 9.78 Å². The van der Waals surface area contributed by atoms with Crippen LogP contribution in [-0.4, -0.2) is 35.9 Å². The second kappa shape index (κ2) is 8.94. The molecule has 0 bridgehead atoms. The van der Waals surface area contributed by atoms with Gasteiger partial charge in [-0.3, -0.25) is 9.48 Å². The van der Waals surface area contributed by atoms with Crippen LogP contribution in [0.1, 0.15) is 24.6 Å². The third-order valence-corrected chi connectivity index (χ3v) is 7.79. The summed E-state index contributed by atoms with van der Waals surface area (Å²) in [5.74, 6) is -0.738. The Labute approximate surface area is 186 Å². The lowest BCUT2D eigenvalue weighted by Crippen LogP contribution is -2.11. The summed E-state index contributed by atoms with van der Waals surface area (Å²) < 4.78 is 71.5. The van der Waals surface area contributed by atoms with Crippen molar-refractivity contribution in [2.75, 3.05) is 6.61 Å². The van der Waals surface area contributed by atoms with E-state index < -0.39 is 27.7 Å². The standard InChI is InChI=1S/C20H19F3N2O5S2/c1-3-30-13-8-12(4-6-18(26)27)9-14(10-13)32(28,29)19-7-5-16(31-19)15-11-17(20(21,22)23)25(2)24-15/h5,7-11H,3-4,6H2,1-2H3,(H,26,27). The van der Waals surface area contributed by atoms with Crippen LogP contribution in [0, 0.1) is 0 Å². The summed E-state index contributed by atoms with van der Waals surface area (Å²) in [6.07, 6.45) is -4.65. The number of hydrogen-bond donors (Lipinski definition) is 1. The number of rotatable bonds is 8. The van der Waals surface area contributed by atoms with E-state index in [1.165, 1.54) is 24.3 Å². The molecule has 3 aromatic rings. The largest absolute Gasteiger partial charge is 0.494 e. The van der Waals surface area contributed by atoms with Gasteiger partial charge < -0.3 is 9.84 Å². The van der Waals surface area contributed by atoms with E-state index in [-0.39, 0.29) is 44.9 Å². The lowest BCUT2D eigenvalue weighted by molar-refractivity contribution is -0.143. The second-order valence-corrected chi connectivity index (χ2v) is 10.1. The molecule has 3 rings (SSSR count). The first-order valence-corrected chi connectivity index (χ1v) is 11.7. The van der Waals surface area contributed by atoms with Crippen LogP contribution in [-0.2, 0) is 34.3 Å². The molecule has 0 spiro atoms. The number of carbonyl (C=O) groups is 1. The number of carboxylic acids is 1. The van der Waals surface area contributed by atoms with Gasteiger partial charge in [-0.2, -0.15) is 18.3 Å². The van der Waals surface area contributed by atoms with Crippen LogP contribution in [0.15, 0.2) is 45.5 Å². The smallest absolute Gasteiger partial charge is 0.433 e. The number of nitrogens with zero attached hydrogens (tertiary/aromatic N) is 2. The molecule has 12 heteroatoms. The maximum atomic E-state index is 13.2. The first kappa shape index (κ1) is 23.8. The second-order valence-electron chi connectivity index (χ2n) is 6.80. The van der Waals surface area contributed by atoms with Gasteiger partial charge in [0.05, 0.1) is 16.4 Å². The summed E-state index contributed by atoms with van der Waals surface area (Å²) in [5.41, 5.74) is -0.456. The third kappa shape index (κ3) is 5.13. The van der Waals surface area contributed by atoms with Gasteiger partial charge in [0.1, 0.15) is 21.3 Å². The Morgan fingerprint density at radius 2 is 1.94 bits per heavy atom. The number of carboxylic acid groups (broad SMARTS) is 1. The van der Waals surface area contributed by atoms with Crippen molar-refractivity contribution in [2.45, 2.75) is 35.0 Å². The van der Waals surface area contributed by atoms with Crippen LogP contribution in [0.5, 0.6) is 5.75 Å².